The van der Waals surface area contributed by atoms with Crippen molar-refractivity contribution in [1.29, 1.82) is 0 Å². The number of rotatable bonds is 0. The van der Waals surface area contributed by atoms with Crippen molar-refractivity contribution in [2.45, 2.75) is 6.42 Å². The summed E-state index contributed by atoms with van der Waals surface area (Å²) in [7, 11) is 0. The van der Waals surface area contributed by atoms with Gasteiger partial charge >= 0.3 is 0 Å². The van der Waals surface area contributed by atoms with Crippen molar-refractivity contribution >= 4 is 17.0 Å². The quantitative estimate of drug-likeness (QED) is 0.586. The Bertz CT molecular complexity index is 468. The highest BCUT2D eigenvalue weighted by Gasteiger charge is 2.08. The minimum absolute atomic E-state index is 0.875. The summed E-state index contributed by atoms with van der Waals surface area (Å²) >= 11 is 0. The van der Waals surface area contributed by atoms with Crippen molar-refractivity contribution in [3.05, 3.63) is 35.5 Å². The molecule has 2 nitrogen and oxygen atoms in total. The molecule has 3 rings (SSSR count). The summed E-state index contributed by atoms with van der Waals surface area (Å²) in [5.41, 5.74) is 3.50. The second kappa shape index (κ2) is 1.97. The fourth-order valence-corrected chi connectivity index (χ4v) is 1.62. The van der Waals surface area contributed by atoms with Gasteiger partial charge in [-0.2, -0.15) is 0 Å². The van der Waals surface area contributed by atoms with Gasteiger partial charge in [-0.05, 0) is 29.7 Å². The van der Waals surface area contributed by atoms with Gasteiger partial charge in [-0.25, -0.2) is 0 Å². The Balaban J connectivity index is 2.43. The highest BCUT2D eigenvalue weighted by Crippen LogP contribution is 2.25. The Morgan fingerprint density at radius 3 is 3.33 bits per heavy atom. The summed E-state index contributed by atoms with van der Waals surface area (Å²) < 4.78 is 5.06. The molecule has 0 spiro atoms. The number of aromatic nitrogens is 1. The first kappa shape index (κ1) is 6.00. The molecule has 0 radical (unpaired) electrons. The topological polar surface area (TPSA) is 26.0 Å². The first-order chi connectivity index (χ1) is 5.93. The van der Waals surface area contributed by atoms with Crippen LogP contribution in [0.5, 0.6) is 0 Å². The van der Waals surface area contributed by atoms with Gasteiger partial charge in [0.25, 0.3) is 0 Å². The molecular formula is C10H7NO. The molecule has 12 heavy (non-hydrogen) atoms. The lowest BCUT2D eigenvalue weighted by Crippen LogP contribution is -1.79. The molecule has 0 unspecified atom stereocenters. The number of nitrogens with zero attached hydrogens (tertiary/aromatic N) is 1. The third-order valence-electron chi connectivity index (χ3n) is 2.25. The van der Waals surface area contributed by atoms with Crippen LogP contribution in [-0.2, 0) is 6.42 Å². The van der Waals surface area contributed by atoms with E-state index < -0.39 is 0 Å². The van der Waals surface area contributed by atoms with Crippen LogP contribution >= 0.6 is 0 Å². The van der Waals surface area contributed by atoms with E-state index in [1.54, 1.807) is 6.20 Å². The smallest absolute Gasteiger partial charge is 0.167 e. The zero-order valence-corrected chi connectivity index (χ0v) is 6.45. The Kier molecular flexibility index (Phi) is 0.987. The van der Waals surface area contributed by atoms with Gasteiger partial charge < -0.3 is 4.52 Å². The average Bonchev–Trinajstić information content (AvgIpc) is 2.64. The van der Waals surface area contributed by atoms with E-state index in [0.717, 1.165) is 17.4 Å². The lowest BCUT2D eigenvalue weighted by atomic mass is 10.1. The minimum atomic E-state index is 0.875. The first-order valence-electron chi connectivity index (χ1n) is 3.97. The van der Waals surface area contributed by atoms with Gasteiger partial charge in [0.1, 0.15) is 0 Å². The fourth-order valence-electron chi connectivity index (χ4n) is 1.62. The summed E-state index contributed by atoms with van der Waals surface area (Å²) in [6, 6.07) is 4.18. The summed E-state index contributed by atoms with van der Waals surface area (Å²) in [6.45, 7) is 0. The number of hydrogen-bond donors (Lipinski definition) is 0. The molecule has 0 aliphatic heterocycles. The summed E-state index contributed by atoms with van der Waals surface area (Å²) in [5.74, 6) is 0. The van der Waals surface area contributed by atoms with Crippen molar-refractivity contribution in [3.63, 3.8) is 0 Å². The molecule has 0 saturated carbocycles. The predicted octanol–water partition coefficient (Wildman–Crippen LogP) is 2.40. The maximum absolute atomic E-state index is 5.06. The maximum atomic E-state index is 5.06. The van der Waals surface area contributed by atoms with Crippen molar-refractivity contribution in [2.24, 2.45) is 0 Å². The lowest BCUT2D eigenvalue weighted by molar-refractivity contribution is 0.456. The van der Waals surface area contributed by atoms with Crippen LogP contribution in [0.2, 0.25) is 0 Å². The standard InChI is InChI=1S/C10H7NO/c1-2-7-4-9-6-11-12-10(9)5-8(7)3-1/h1,3-6H,2H2. The zero-order valence-electron chi connectivity index (χ0n) is 6.45. The van der Waals surface area contributed by atoms with E-state index in [2.05, 4.69) is 23.4 Å². The SMILES string of the molecule is C1=Cc2cc3oncc3cc2C1. The zero-order chi connectivity index (χ0) is 7.97. The molecule has 1 aliphatic carbocycles. The van der Waals surface area contributed by atoms with Gasteiger partial charge in [-0.3, -0.25) is 0 Å². The first-order valence-corrected chi connectivity index (χ1v) is 3.97. The second-order valence-corrected chi connectivity index (χ2v) is 3.02. The van der Waals surface area contributed by atoms with Crippen LogP contribution < -0.4 is 0 Å². The molecule has 1 heterocycles. The predicted molar refractivity (Wildman–Crippen MR) is 46.7 cm³/mol. The van der Waals surface area contributed by atoms with Crippen molar-refractivity contribution in [3.8, 4) is 0 Å². The molecule has 2 aromatic rings. The van der Waals surface area contributed by atoms with Crippen LogP contribution in [-0.4, -0.2) is 5.16 Å². The van der Waals surface area contributed by atoms with E-state index in [1.807, 2.05) is 6.07 Å². The normalized spacial score (nSPS) is 14.0. The Morgan fingerprint density at radius 2 is 2.33 bits per heavy atom. The highest BCUT2D eigenvalue weighted by atomic mass is 16.5. The van der Waals surface area contributed by atoms with E-state index in [4.69, 9.17) is 4.52 Å². The third-order valence-corrected chi connectivity index (χ3v) is 2.25. The minimum Gasteiger partial charge on any atom is -0.356 e. The Hall–Kier alpha value is -1.57. The molecule has 2 heteroatoms. The number of fused-ring (bicyclic) bond motifs is 2. The van der Waals surface area contributed by atoms with E-state index in [9.17, 15) is 0 Å². The molecule has 58 valence electrons. The van der Waals surface area contributed by atoms with Crippen LogP contribution in [0.4, 0.5) is 0 Å². The van der Waals surface area contributed by atoms with Crippen LogP contribution in [0.15, 0.2) is 28.9 Å². The van der Waals surface area contributed by atoms with Crippen LogP contribution in [0.1, 0.15) is 11.1 Å². The molecule has 1 aliphatic rings. The van der Waals surface area contributed by atoms with Crippen LogP contribution in [0.3, 0.4) is 0 Å². The van der Waals surface area contributed by atoms with E-state index in [0.29, 0.717) is 0 Å². The summed E-state index contributed by atoms with van der Waals surface area (Å²) in [6.07, 6.45) is 7.08. The Labute approximate surface area is 69.5 Å². The van der Waals surface area contributed by atoms with Gasteiger partial charge in [0, 0.05) is 5.39 Å². The second-order valence-electron chi connectivity index (χ2n) is 3.02. The third kappa shape index (κ3) is 0.666. The van der Waals surface area contributed by atoms with Crippen LogP contribution in [0.25, 0.3) is 17.0 Å². The van der Waals surface area contributed by atoms with Crippen molar-refractivity contribution in [1.82, 2.24) is 5.16 Å². The molecule has 0 amide bonds. The average molecular weight is 157 g/mol. The molecular weight excluding hydrogens is 150 g/mol. The van der Waals surface area contributed by atoms with E-state index in [1.165, 1.54) is 11.1 Å². The monoisotopic (exact) mass is 157 g/mol. The highest BCUT2D eigenvalue weighted by molar-refractivity contribution is 5.81. The molecule has 0 N–H and O–H groups in total. The van der Waals surface area contributed by atoms with E-state index in [-0.39, 0.29) is 0 Å². The van der Waals surface area contributed by atoms with Gasteiger partial charge in [-0.1, -0.05) is 17.3 Å². The largest absolute Gasteiger partial charge is 0.356 e. The lowest BCUT2D eigenvalue weighted by Gasteiger charge is -1.95. The van der Waals surface area contributed by atoms with E-state index >= 15 is 0 Å². The number of benzene rings is 1. The fraction of sp³-hybridized carbons (Fsp3) is 0.100. The van der Waals surface area contributed by atoms with Crippen LogP contribution in [0, 0.1) is 0 Å². The molecule has 0 fully saturated rings. The molecule has 0 atom stereocenters. The summed E-state index contributed by atoms with van der Waals surface area (Å²) in [5, 5.41) is 4.84. The summed E-state index contributed by atoms with van der Waals surface area (Å²) in [4.78, 5) is 0. The van der Waals surface area contributed by atoms with Crippen molar-refractivity contribution < 1.29 is 4.52 Å². The number of hydrogen-bond acceptors (Lipinski definition) is 2. The molecule has 1 aromatic carbocycles. The van der Waals surface area contributed by atoms with Gasteiger partial charge in [0.15, 0.2) is 5.58 Å². The maximum Gasteiger partial charge on any atom is 0.167 e. The molecule has 1 aromatic heterocycles. The molecule has 0 saturated heterocycles. The van der Waals surface area contributed by atoms with Gasteiger partial charge in [0.05, 0.1) is 6.20 Å². The van der Waals surface area contributed by atoms with Gasteiger partial charge in [-0.15, -0.1) is 0 Å². The Morgan fingerprint density at radius 1 is 1.33 bits per heavy atom. The molecule has 0 bridgehead atoms. The number of allylic oxidation sites excluding steroid dienone is 1. The van der Waals surface area contributed by atoms with Gasteiger partial charge in [0.2, 0.25) is 0 Å². The van der Waals surface area contributed by atoms with Crippen molar-refractivity contribution in [2.75, 3.05) is 0 Å².